The average Bonchev–Trinajstić information content (AvgIpc) is 2.80. The molecule has 0 fully saturated rings. The Hall–Kier alpha value is -1.80. The van der Waals surface area contributed by atoms with Gasteiger partial charge in [0.1, 0.15) is 5.82 Å². The van der Waals surface area contributed by atoms with Crippen LogP contribution >= 0.6 is 11.8 Å². The van der Waals surface area contributed by atoms with Crippen molar-refractivity contribution in [2.45, 2.75) is 18.5 Å². The molecule has 0 aliphatic heterocycles. The van der Waals surface area contributed by atoms with Crippen LogP contribution in [0.3, 0.4) is 0 Å². The second kappa shape index (κ2) is 5.51. The molecule has 0 bridgehead atoms. The van der Waals surface area contributed by atoms with Gasteiger partial charge in [-0.25, -0.2) is 0 Å². The molecule has 1 aromatic carbocycles. The normalized spacial score (nSPS) is 10.1. The molecule has 5 heteroatoms. The highest BCUT2D eigenvalue weighted by Gasteiger charge is 2.12. The van der Waals surface area contributed by atoms with Crippen LogP contribution in [0.1, 0.15) is 12.7 Å². The molecule has 0 aliphatic carbocycles. The van der Waals surface area contributed by atoms with E-state index in [4.69, 9.17) is 5.26 Å². The second-order valence-corrected chi connectivity index (χ2v) is 4.31. The van der Waals surface area contributed by atoms with Gasteiger partial charge in [-0.15, -0.1) is 10.2 Å². The molecule has 86 valence electrons. The summed E-state index contributed by atoms with van der Waals surface area (Å²) < 4.78 is 2.00. The zero-order chi connectivity index (χ0) is 12.1. The van der Waals surface area contributed by atoms with Crippen molar-refractivity contribution in [2.75, 3.05) is 5.75 Å². The molecule has 1 aromatic heterocycles. The summed E-state index contributed by atoms with van der Waals surface area (Å²) in [6, 6.07) is 12.1. The van der Waals surface area contributed by atoms with Crippen LogP contribution in [0.15, 0.2) is 35.5 Å². The van der Waals surface area contributed by atoms with Gasteiger partial charge in [-0.05, 0) is 12.1 Å². The van der Waals surface area contributed by atoms with Crippen LogP contribution < -0.4 is 0 Å². The van der Waals surface area contributed by atoms with Crippen molar-refractivity contribution in [3.05, 3.63) is 36.2 Å². The fraction of sp³-hybridized carbons (Fsp3) is 0.250. The summed E-state index contributed by atoms with van der Waals surface area (Å²) in [4.78, 5) is 0. The maximum Gasteiger partial charge on any atom is 0.196 e. The molecule has 2 aromatic rings. The first-order valence-corrected chi connectivity index (χ1v) is 6.34. The van der Waals surface area contributed by atoms with Crippen molar-refractivity contribution in [2.24, 2.45) is 0 Å². The number of aryl methyl sites for hydroxylation is 1. The fourth-order valence-corrected chi connectivity index (χ4v) is 2.19. The topological polar surface area (TPSA) is 54.5 Å². The van der Waals surface area contributed by atoms with Crippen molar-refractivity contribution in [1.29, 1.82) is 5.26 Å². The summed E-state index contributed by atoms with van der Waals surface area (Å²) in [6.45, 7) is 2.04. The average molecular weight is 244 g/mol. The van der Waals surface area contributed by atoms with E-state index in [1.807, 2.05) is 41.8 Å². The zero-order valence-corrected chi connectivity index (χ0v) is 10.3. The Bertz CT molecular complexity index is 527. The third-order valence-corrected chi connectivity index (χ3v) is 3.09. The molecule has 17 heavy (non-hydrogen) atoms. The quantitative estimate of drug-likeness (QED) is 0.775. The van der Waals surface area contributed by atoms with E-state index in [-0.39, 0.29) is 0 Å². The first-order valence-electron chi connectivity index (χ1n) is 5.36. The number of nitrogens with zero attached hydrogens (tertiary/aromatic N) is 4. The van der Waals surface area contributed by atoms with E-state index in [1.165, 1.54) is 11.8 Å². The zero-order valence-electron chi connectivity index (χ0n) is 9.50. The number of hydrogen-bond acceptors (Lipinski definition) is 4. The fourth-order valence-electron chi connectivity index (χ4n) is 1.56. The number of aromatic nitrogens is 3. The Morgan fingerprint density at radius 3 is 2.71 bits per heavy atom. The molecular formula is C12H12N4S. The summed E-state index contributed by atoms with van der Waals surface area (Å²) >= 11 is 1.41. The smallest absolute Gasteiger partial charge is 0.196 e. The van der Waals surface area contributed by atoms with Crippen LogP contribution in [0.2, 0.25) is 0 Å². The number of rotatable bonds is 4. The lowest BCUT2D eigenvalue weighted by molar-refractivity contribution is 0.837. The predicted octanol–water partition coefficient (Wildman–Crippen LogP) is 2.45. The summed E-state index contributed by atoms with van der Waals surface area (Å²) in [5.74, 6) is 1.30. The molecule has 1 heterocycles. The van der Waals surface area contributed by atoms with Crippen LogP contribution in [0, 0.1) is 11.3 Å². The minimum absolute atomic E-state index is 0.384. The molecule has 0 atom stereocenters. The summed E-state index contributed by atoms with van der Waals surface area (Å²) in [6.07, 6.45) is 0.814. The molecule has 2 rings (SSSR count). The van der Waals surface area contributed by atoms with Crippen molar-refractivity contribution >= 4 is 11.8 Å². The molecule has 0 aliphatic rings. The highest BCUT2D eigenvalue weighted by atomic mass is 32.2. The van der Waals surface area contributed by atoms with Crippen LogP contribution in [0.25, 0.3) is 5.69 Å². The highest BCUT2D eigenvalue weighted by molar-refractivity contribution is 7.99. The maximum atomic E-state index is 8.62. The van der Waals surface area contributed by atoms with Crippen molar-refractivity contribution < 1.29 is 0 Å². The molecule has 0 amide bonds. The van der Waals surface area contributed by atoms with Gasteiger partial charge in [-0.2, -0.15) is 5.26 Å². The first-order chi connectivity index (χ1) is 8.36. The molecule has 0 radical (unpaired) electrons. The van der Waals surface area contributed by atoms with E-state index in [0.717, 1.165) is 23.1 Å². The third-order valence-electron chi connectivity index (χ3n) is 2.30. The van der Waals surface area contributed by atoms with E-state index in [1.54, 1.807) is 0 Å². The van der Waals surface area contributed by atoms with Gasteiger partial charge in [0.15, 0.2) is 5.16 Å². The second-order valence-electron chi connectivity index (χ2n) is 3.37. The Morgan fingerprint density at radius 2 is 2.06 bits per heavy atom. The van der Waals surface area contributed by atoms with Gasteiger partial charge in [0, 0.05) is 12.1 Å². The van der Waals surface area contributed by atoms with Gasteiger partial charge in [0.05, 0.1) is 11.8 Å². The van der Waals surface area contributed by atoms with Crippen molar-refractivity contribution in [3.8, 4) is 11.8 Å². The Morgan fingerprint density at radius 1 is 1.29 bits per heavy atom. The maximum absolute atomic E-state index is 8.62. The lowest BCUT2D eigenvalue weighted by Gasteiger charge is -2.07. The van der Waals surface area contributed by atoms with Gasteiger partial charge in [0.2, 0.25) is 0 Å². The first kappa shape index (κ1) is 11.7. The van der Waals surface area contributed by atoms with Crippen molar-refractivity contribution in [3.63, 3.8) is 0 Å². The molecular weight excluding hydrogens is 232 g/mol. The number of hydrogen-bond donors (Lipinski definition) is 0. The number of thioether (sulfide) groups is 1. The Kier molecular flexibility index (Phi) is 3.78. The van der Waals surface area contributed by atoms with E-state index < -0.39 is 0 Å². The standard InChI is InChI=1S/C12H12N4S/c1-2-11-14-15-12(17-9-8-13)16(11)10-6-4-3-5-7-10/h3-7H,2,9H2,1H3. The summed E-state index contributed by atoms with van der Waals surface area (Å²) in [5.41, 5.74) is 1.04. The largest absolute Gasteiger partial charge is 0.274 e. The van der Waals surface area contributed by atoms with Gasteiger partial charge < -0.3 is 0 Å². The van der Waals surface area contributed by atoms with Crippen LogP contribution in [-0.2, 0) is 6.42 Å². The van der Waals surface area contributed by atoms with E-state index in [9.17, 15) is 0 Å². The monoisotopic (exact) mass is 244 g/mol. The van der Waals surface area contributed by atoms with E-state index in [2.05, 4.69) is 16.3 Å². The Labute approximate surface area is 104 Å². The third kappa shape index (κ3) is 2.48. The predicted molar refractivity (Wildman–Crippen MR) is 67.1 cm³/mol. The van der Waals surface area contributed by atoms with Crippen LogP contribution in [-0.4, -0.2) is 20.5 Å². The lowest BCUT2D eigenvalue weighted by Crippen LogP contribution is -2.01. The summed E-state index contributed by atoms with van der Waals surface area (Å²) in [7, 11) is 0. The molecule has 0 spiro atoms. The van der Waals surface area contributed by atoms with E-state index >= 15 is 0 Å². The molecule has 0 saturated carbocycles. The summed E-state index contributed by atoms with van der Waals surface area (Å²) in [5, 5.41) is 17.7. The van der Waals surface area contributed by atoms with Crippen molar-refractivity contribution in [1.82, 2.24) is 14.8 Å². The number of nitriles is 1. The minimum atomic E-state index is 0.384. The van der Waals surface area contributed by atoms with Crippen LogP contribution in [0.4, 0.5) is 0 Å². The minimum Gasteiger partial charge on any atom is -0.274 e. The van der Waals surface area contributed by atoms with Gasteiger partial charge in [-0.1, -0.05) is 36.9 Å². The van der Waals surface area contributed by atoms with E-state index in [0.29, 0.717) is 5.75 Å². The number of benzene rings is 1. The van der Waals surface area contributed by atoms with Crippen LogP contribution in [0.5, 0.6) is 0 Å². The number of para-hydroxylation sites is 1. The SMILES string of the molecule is CCc1nnc(SCC#N)n1-c1ccccc1. The highest BCUT2D eigenvalue weighted by Crippen LogP contribution is 2.21. The molecule has 0 N–H and O–H groups in total. The van der Waals surface area contributed by atoms with Gasteiger partial charge in [0.25, 0.3) is 0 Å². The van der Waals surface area contributed by atoms with Gasteiger partial charge >= 0.3 is 0 Å². The van der Waals surface area contributed by atoms with Gasteiger partial charge in [-0.3, -0.25) is 4.57 Å². The lowest BCUT2D eigenvalue weighted by atomic mass is 10.3. The molecule has 4 nitrogen and oxygen atoms in total. The molecule has 0 unspecified atom stereocenters. The molecule has 0 saturated heterocycles. The Balaban J connectivity index is 2.43.